The fraction of sp³-hybridized carbons (Fsp3) is 0.182. The maximum atomic E-state index is 6.51. The smallest absolute Gasteiger partial charge is 0.263 e. The average molecular weight is 271 g/mol. The van der Waals surface area contributed by atoms with Crippen LogP contribution in [0.5, 0.6) is 0 Å². The van der Waals surface area contributed by atoms with Gasteiger partial charge in [0.05, 0.1) is 5.69 Å². The van der Waals surface area contributed by atoms with Gasteiger partial charge in [-0.15, -0.1) is 22.2 Å². The zero-order valence-electron chi connectivity index (χ0n) is 9.11. The van der Waals surface area contributed by atoms with Crippen LogP contribution in [0, 0.1) is 13.8 Å². The summed E-state index contributed by atoms with van der Waals surface area (Å²) in [6.45, 7) is 1.18. The SMILES string of the molecule is Cc1cc(C)n([Si](Cl)(Cl)c2ccccc2)n1. The van der Waals surface area contributed by atoms with Crippen molar-refractivity contribution in [3.8, 4) is 0 Å². The van der Waals surface area contributed by atoms with E-state index in [1.165, 1.54) is 0 Å². The molecule has 0 bridgehead atoms. The Morgan fingerprint density at radius 3 is 2.25 bits per heavy atom. The summed E-state index contributed by atoms with van der Waals surface area (Å²) in [5.74, 6) is 0. The fourth-order valence-electron chi connectivity index (χ4n) is 1.67. The zero-order valence-corrected chi connectivity index (χ0v) is 11.6. The lowest BCUT2D eigenvalue weighted by Crippen LogP contribution is -2.46. The molecule has 0 aliphatic rings. The summed E-state index contributed by atoms with van der Waals surface area (Å²) < 4.78 is 1.76. The van der Waals surface area contributed by atoms with Gasteiger partial charge in [-0.25, -0.2) is 0 Å². The third kappa shape index (κ3) is 2.03. The van der Waals surface area contributed by atoms with Crippen LogP contribution in [-0.4, -0.2) is 16.3 Å². The molecule has 2 nitrogen and oxygen atoms in total. The second-order valence-corrected chi connectivity index (χ2v) is 9.69. The molecule has 1 aromatic heterocycles. The number of halogens is 2. The predicted octanol–water partition coefficient (Wildman–Crippen LogP) is 2.67. The van der Waals surface area contributed by atoms with Crippen molar-refractivity contribution in [3.05, 3.63) is 47.8 Å². The number of hydrogen-bond acceptors (Lipinski definition) is 1. The van der Waals surface area contributed by atoms with Gasteiger partial charge in [0.2, 0.25) is 0 Å². The molecular formula is C11H12Cl2N2Si. The van der Waals surface area contributed by atoms with Crippen molar-refractivity contribution in [2.75, 3.05) is 0 Å². The Bertz CT molecular complexity index is 494. The minimum Gasteiger partial charge on any atom is -0.263 e. The van der Waals surface area contributed by atoms with Crippen LogP contribution in [0.15, 0.2) is 36.4 Å². The van der Waals surface area contributed by atoms with Crippen LogP contribution in [0.25, 0.3) is 0 Å². The van der Waals surface area contributed by atoms with Crippen LogP contribution in [0.1, 0.15) is 11.4 Å². The summed E-state index contributed by atoms with van der Waals surface area (Å²) in [5, 5.41) is 5.32. The average Bonchev–Trinajstić information content (AvgIpc) is 2.60. The minimum absolute atomic E-state index is 0.937. The first kappa shape index (κ1) is 11.7. The second kappa shape index (κ2) is 4.24. The van der Waals surface area contributed by atoms with E-state index in [0.717, 1.165) is 16.6 Å². The number of aromatic nitrogens is 2. The number of aryl methyl sites for hydroxylation is 2. The van der Waals surface area contributed by atoms with Gasteiger partial charge in [-0.05, 0) is 25.1 Å². The highest BCUT2D eigenvalue weighted by atomic mass is 35.7. The molecule has 5 heteroatoms. The van der Waals surface area contributed by atoms with Gasteiger partial charge in [0.25, 0.3) is 0 Å². The lowest BCUT2D eigenvalue weighted by molar-refractivity contribution is 0.911. The fourth-order valence-corrected chi connectivity index (χ4v) is 5.09. The lowest BCUT2D eigenvalue weighted by atomic mass is 10.4. The van der Waals surface area contributed by atoms with Crippen LogP contribution < -0.4 is 5.19 Å². The Balaban J connectivity index is 2.51. The van der Waals surface area contributed by atoms with E-state index in [4.69, 9.17) is 22.2 Å². The molecule has 2 aromatic rings. The molecule has 0 N–H and O–H groups in total. The summed E-state index contributed by atoms with van der Waals surface area (Å²) in [6.07, 6.45) is 0. The Labute approximate surface area is 105 Å². The van der Waals surface area contributed by atoms with Crippen molar-refractivity contribution in [1.29, 1.82) is 0 Å². The van der Waals surface area contributed by atoms with Gasteiger partial charge in [-0.2, -0.15) is 5.10 Å². The van der Waals surface area contributed by atoms with Gasteiger partial charge in [-0.1, -0.05) is 30.3 Å². The maximum Gasteiger partial charge on any atom is 0.406 e. The first-order chi connectivity index (χ1) is 7.51. The van der Waals surface area contributed by atoms with Gasteiger partial charge in [-0.3, -0.25) is 4.35 Å². The first-order valence-electron chi connectivity index (χ1n) is 4.99. The Hall–Kier alpha value is -0.773. The third-order valence-corrected chi connectivity index (χ3v) is 6.68. The van der Waals surface area contributed by atoms with Crippen molar-refractivity contribution in [2.24, 2.45) is 0 Å². The predicted molar refractivity (Wildman–Crippen MR) is 70.6 cm³/mol. The zero-order chi connectivity index (χ0) is 11.8. The summed E-state index contributed by atoms with van der Waals surface area (Å²) in [6, 6.07) is 11.7. The van der Waals surface area contributed by atoms with E-state index in [-0.39, 0.29) is 0 Å². The molecule has 0 spiro atoms. The van der Waals surface area contributed by atoms with Gasteiger partial charge in [0, 0.05) is 5.69 Å². The van der Waals surface area contributed by atoms with Crippen molar-refractivity contribution in [1.82, 2.24) is 9.45 Å². The topological polar surface area (TPSA) is 17.8 Å². The highest BCUT2D eigenvalue weighted by Gasteiger charge is 2.36. The Morgan fingerprint density at radius 2 is 1.75 bits per heavy atom. The van der Waals surface area contributed by atoms with Crippen molar-refractivity contribution >= 4 is 34.2 Å². The highest BCUT2D eigenvalue weighted by molar-refractivity contribution is 7.50. The molecule has 0 amide bonds. The first-order valence-corrected chi connectivity index (χ1v) is 8.96. The van der Waals surface area contributed by atoms with Gasteiger partial charge < -0.3 is 0 Å². The summed E-state index contributed by atoms with van der Waals surface area (Å²) in [5.41, 5.74) is 1.93. The van der Waals surface area contributed by atoms with Gasteiger partial charge in [0.15, 0.2) is 0 Å². The van der Waals surface area contributed by atoms with Crippen molar-refractivity contribution in [2.45, 2.75) is 13.8 Å². The Kier molecular flexibility index (Phi) is 3.10. The van der Waals surface area contributed by atoms with E-state index in [2.05, 4.69) is 5.10 Å². The molecule has 1 heterocycles. The van der Waals surface area contributed by atoms with Crippen LogP contribution in [0.3, 0.4) is 0 Å². The molecule has 0 saturated heterocycles. The quantitative estimate of drug-likeness (QED) is 0.606. The van der Waals surface area contributed by atoms with Gasteiger partial charge >= 0.3 is 6.86 Å². The van der Waals surface area contributed by atoms with E-state index in [9.17, 15) is 0 Å². The molecular weight excluding hydrogens is 259 g/mol. The highest BCUT2D eigenvalue weighted by Crippen LogP contribution is 2.19. The number of benzene rings is 1. The van der Waals surface area contributed by atoms with Crippen LogP contribution in [-0.2, 0) is 0 Å². The molecule has 0 unspecified atom stereocenters. The largest absolute Gasteiger partial charge is 0.406 e. The van der Waals surface area contributed by atoms with Crippen molar-refractivity contribution < 1.29 is 0 Å². The van der Waals surface area contributed by atoms with Gasteiger partial charge in [0.1, 0.15) is 0 Å². The van der Waals surface area contributed by atoms with E-state index >= 15 is 0 Å². The standard InChI is InChI=1S/C11H12Cl2N2Si/c1-9-8-10(2)15(14-9)16(12,13)11-6-4-3-5-7-11/h3-8H,1-2H3. The van der Waals surface area contributed by atoms with Crippen molar-refractivity contribution in [3.63, 3.8) is 0 Å². The summed E-state index contributed by atoms with van der Waals surface area (Å²) in [4.78, 5) is 0. The number of nitrogens with zero attached hydrogens (tertiary/aromatic N) is 2. The molecule has 0 aliphatic heterocycles. The maximum absolute atomic E-state index is 6.51. The molecule has 84 valence electrons. The molecule has 0 atom stereocenters. The molecule has 2 rings (SSSR count). The van der Waals surface area contributed by atoms with E-state index in [1.807, 2.05) is 50.2 Å². The monoisotopic (exact) mass is 270 g/mol. The summed E-state index contributed by atoms with van der Waals surface area (Å²) in [7, 11) is 0. The third-order valence-electron chi connectivity index (χ3n) is 2.40. The number of hydrogen-bond donors (Lipinski definition) is 0. The minimum atomic E-state index is -2.73. The molecule has 16 heavy (non-hydrogen) atoms. The Morgan fingerprint density at radius 1 is 1.12 bits per heavy atom. The normalized spacial score (nSPS) is 11.8. The lowest BCUT2D eigenvalue weighted by Gasteiger charge is -2.18. The van der Waals surface area contributed by atoms with Crippen LogP contribution >= 0.6 is 22.2 Å². The summed E-state index contributed by atoms with van der Waals surface area (Å²) >= 11 is 13.0. The number of rotatable bonds is 2. The van der Waals surface area contributed by atoms with Crippen LogP contribution in [0.4, 0.5) is 0 Å². The van der Waals surface area contributed by atoms with E-state index in [1.54, 1.807) is 4.35 Å². The van der Waals surface area contributed by atoms with E-state index in [0.29, 0.717) is 0 Å². The van der Waals surface area contributed by atoms with E-state index < -0.39 is 6.86 Å². The molecule has 1 aromatic carbocycles. The molecule has 0 saturated carbocycles. The second-order valence-electron chi connectivity index (χ2n) is 3.75. The molecule has 0 fully saturated rings. The molecule has 0 radical (unpaired) electrons. The van der Waals surface area contributed by atoms with Crippen LogP contribution in [0.2, 0.25) is 0 Å². The molecule has 0 aliphatic carbocycles.